The highest BCUT2D eigenvalue weighted by molar-refractivity contribution is 7.92. The number of hydrazone groups is 1. The van der Waals surface area contributed by atoms with Crippen LogP contribution in [0.2, 0.25) is 10.0 Å². The van der Waals surface area contributed by atoms with E-state index in [1.807, 2.05) is 20.8 Å². The van der Waals surface area contributed by atoms with Crippen LogP contribution in [0, 0.1) is 5.41 Å². The van der Waals surface area contributed by atoms with E-state index in [4.69, 9.17) is 23.2 Å². The van der Waals surface area contributed by atoms with Crippen LogP contribution in [0.1, 0.15) is 27.7 Å². The minimum atomic E-state index is -4.07. The molecule has 0 aliphatic carbocycles. The number of nitrogens with zero attached hydrogens (tertiary/aromatic N) is 2. The molecule has 0 aliphatic rings. The van der Waals surface area contributed by atoms with E-state index in [2.05, 4.69) is 10.5 Å². The highest BCUT2D eigenvalue weighted by Crippen LogP contribution is 2.35. The first-order valence-electron chi connectivity index (χ1n) is 8.80. The van der Waals surface area contributed by atoms with Gasteiger partial charge in [0.1, 0.15) is 6.54 Å². The van der Waals surface area contributed by atoms with E-state index in [9.17, 15) is 13.2 Å². The van der Waals surface area contributed by atoms with Gasteiger partial charge in [0.2, 0.25) is 0 Å². The van der Waals surface area contributed by atoms with Gasteiger partial charge in [-0.3, -0.25) is 9.10 Å². The van der Waals surface area contributed by atoms with Gasteiger partial charge in [-0.2, -0.15) is 5.10 Å². The Balaban J connectivity index is 2.44. The van der Waals surface area contributed by atoms with Crippen LogP contribution >= 0.6 is 23.2 Å². The van der Waals surface area contributed by atoms with Crippen LogP contribution in [0.15, 0.2) is 58.5 Å². The maximum absolute atomic E-state index is 13.2. The number of sulfonamides is 1. The molecule has 0 aliphatic heterocycles. The van der Waals surface area contributed by atoms with Crippen molar-refractivity contribution in [3.63, 3.8) is 0 Å². The lowest BCUT2D eigenvalue weighted by molar-refractivity contribution is -0.119. The van der Waals surface area contributed by atoms with Gasteiger partial charge in [-0.05, 0) is 31.2 Å². The molecule has 2 rings (SSSR count). The molecule has 0 radical (unpaired) electrons. The van der Waals surface area contributed by atoms with E-state index in [1.54, 1.807) is 31.2 Å². The number of nitrogens with one attached hydrogen (secondary N) is 1. The third-order valence-electron chi connectivity index (χ3n) is 4.25. The Labute approximate surface area is 181 Å². The fraction of sp³-hybridized carbons (Fsp3) is 0.300. The molecule has 2 aromatic carbocycles. The first-order chi connectivity index (χ1) is 13.4. The van der Waals surface area contributed by atoms with Crippen LogP contribution in [0.4, 0.5) is 5.69 Å². The number of amides is 1. The van der Waals surface area contributed by atoms with Crippen LogP contribution in [0.5, 0.6) is 0 Å². The minimum Gasteiger partial charge on any atom is -0.271 e. The lowest BCUT2D eigenvalue weighted by Gasteiger charge is -2.25. The lowest BCUT2D eigenvalue weighted by Crippen LogP contribution is -2.40. The van der Waals surface area contributed by atoms with Crippen LogP contribution in [-0.2, 0) is 14.8 Å². The lowest BCUT2D eigenvalue weighted by atomic mass is 9.91. The summed E-state index contributed by atoms with van der Waals surface area (Å²) in [7, 11) is -4.07. The Morgan fingerprint density at radius 2 is 1.69 bits per heavy atom. The molecule has 0 heterocycles. The molecule has 0 atom stereocenters. The van der Waals surface area contributed by atoms with Gasteiger partial charge in [0.25, 0.3) is 15.9 Å². The van der Waals surface area contributed by atoms with Crippen molar-refractivity contribution in [2.75, 3.05) is 10.8 Å². The van der Waals surface area contributed by atoms with Gasteiger partial charge in [-0.1, -0.05) is 68.2 Å². The predicted octanol–water partition coefficient (Wildman–Crippen LogP) is 4.73. The molecule has 156 valence electrons. The van der Waals surface area contributed by atoms with Gasteiger partial charge in [-0.15, -0.1) is 0 Å². The summed E-state index contributed by atoms with van der Waals surface area (Å²) in [6.45, 7) is 7.13. The van der Waals surface area contributed by atoms with Gasteiger partial charge < -0.3 is 0 Å². The van der Waals surface area contributed by atoms with E-state index < -0.39 is 22.5 Å². The Kier molecular flexibility index (Phi) is 7.32. The van der Waals surface area contributed by atoms with Gasteiger partial charge in [-0.25, -0.2) is 13.8 Å². The molecule has 0 saturated heterocycles. The van der Waals surface area contributed by atoms with Gasteiger partial charge >= 0.3 is 0 Å². The standard InChI is InChI=1S/C20H23Cl2N3O3S/c1-14(20(2,3)4)23-24-18(26)13-25(17-12-8-11-16(21)19(17)22)29(27,28)15-9-6-5-7-10-15/h5-12H,13H2,1-4H3,(H,24,26)/b23-14-. The molecular formula is C20H23Cl2N3O3S. The van der Waals surface area contributed by atoms with Crippen molar-refractivity contribution in [2.24, 2.45) is 10.5 Å². The molecule has 0 fully saturated rings. The zero-order valence-corrected chi connectivity index (χ0v) is 18.9. The molecule has 0 unspecified atom stereocenters. The summed E-state index contributed by atoms with van der Waals surface area (Å²) in [6, 6.07) is 12.4. The fourth-order valence-electron chi connectivity index (χ4n) is 2.18. The average molecular weight is 456 g/mol. The van der Waals surface area contributed by atoms with Gasteiger partial charge in [0, 0.05) is 11.1 Å². The molecule has 9 heteroatoms. The van der Waals surface area contributed by atoms with E-state index in [0.29, 0.717) is 5.71 Å². The molecular weight excluding hydrogens is 433 g/mol. The summed E-state index contributed by atoms with van der Waals surface area (Å²) in [5.41, 5.74) is 2.98. The van der Waals surface area contributed by atoms with Crippen molar-refractivity contribution in [1.29, 1.82) is 0 Å². The third kappa shape index (κ3) is 5.72. The van der Waals surface area contributed by atoms with Crippen LogP contribution < -0.4 is 9.73 Å². The average Bonchev–Trinajstić information content (AvgIpc) is 2.66. The van der Waals surface area contributed by atoms with Crippen molar-refractivity contribution in [3.05, 3.63) is 58.6 Å². The molecule has 0 saturated carbocycles. The highest BCUT2D eigenvalue weighted by atomic mass is 35.5. The number of halogens is 2. The van der Waals surface area contributed by atoms with Crippen molar-refractivity contribution in [3.8, 4) is 0 Å². The van der Waals surface area contributed by atoms with Crippen molar-refractivity contribution < 1.29 is 13.2 Å². The summed E-state index contributed by atoms with van der Waals surface area (Å²) in [5, 5.41) is 4.29. The van der Waals surface area contributed by atoms with E-state index in [1.165, 1.54) is 24.3 Å². The Hall–Kier alpha value is -2.09. The normalized spacial score (nSPS) is 12.6. The van der Waals surface area contributed by atoms with Crippen molar-refractivity contribution >= 4 is 50.5 Å². The van der Waals surface area contributed by atoms with Gasteiger partial charge in [0.05, 0.1) is 20.6 Å². The molecule has 0 bridgehead atoms. The molecule has 1 N–H and O–H groups in total. The van der Waals surface area contributed by atoms with Crippen LogP contribution in [-0.4, -0.2) is 26.6 Å². The van der Waals surface area contributed by atoms with E-state index >= 15 is 0 Å². The molecule has 0 spiro atoms. The molecule has 1 amide bonds. The van der Waals surface area contributed by atoms with Crippen molar-refractivity contribution in [2.45, 2.75) is 32.6 Å². The summed E-state index contributed by atoms with van der Waals surface area (Å²) in [4.78, 5) is 12.6. The predicted molar refractivity (Wildman–Crippen MR) is 118 cm³/mol. The molecule has 6 nitrogen and oxygen atoms in total. The third-order valence-corrected chi connectivity index (χ3v) is 6.83. The summed E-state index contributed by atoms with van der Waals surface area (Å²) in [6.07, 6.45) is 0. The zero-order chi connectivity index (χ0) is 21.8. The van der Waals surface area contributed by atoms with Gasteiger partial charge in [0.15, 0.2) is 0 Å². The number of hydrogen-bond donors (Lipinski definition) is 1. The van der Waals surface area contributed by atoms with Crippen LogP contribution in [0.25, 0.3) is 0 Å². The number of carbonyl (C=O) groups is 1. The Bertz CT molecular complexity index is 1020. The zero-order valence-electron chi connectivity index (χ0n) is 16.6. The number of anilines is 1. The first-order valence-corrected chi connectivity index (χ1v) is 11.0. The summed E-state index contributed by atoms with van der Waals surface area (Å²) in [5.74, 6) is -0.607. The first kappa shape index (κ1) is 23.2. The monoisotopic (exact) mass is 455 g/mol. The number of carbonyl (C=O) groups excluding carboxylic acids is 1. The Morgan fingerprint density at radius 3 is 2.28 bits per heavy atom. The topological polar surface area (TPSA) is 78.8 Å². The molecule has 2 aromatic rings. The van der Waals surface area contributed by atoms with Crippen molar-refractivity contribution in [1.82, 2.24) is 5.43 Å². The van der Waals surface area contributed by atoms with Crippen LogP contribution in [0.3, 0.4) is 0 Å². The number of rotatable bonds is 6. The summed E-state index contributed by atoms with van der Waals surface area (Å²) >= 11 is 12.3. The minimum absolute atomic E-state index is 0.0261. The largest absolute Gasteiger partial charge is 0.271 e. The second kappa shape index (κ2) is 9.15. The summed E-state index contributed by atoms with van der Waals surface area (Å²) < 4.78 is 27.4. The maximum atomic E-state index is 13.2. The van der Waals surface area contributed by atoms with E-state index in [-0.39, 0.29) is 26.0 Å². The smallest absolute Gasteiger partial charge is 0.264 e. The quantitative estimate of drug-likeness (QED) is 0.504. The molecule has 29 heavy (non-hydrogen) atoms. The highest BCUT2D eigenvalue weighted by Gasteiger charge is 2.29. The second-order valence-electron chi connectivity index (χ2n) is 7.38. The second-order valence-corrected chi connectivity index (χ2v) is 10.0. The van der Waals surface area contributed by atoms with E-state index in [0.717, 1.165) is 4.31 Å². The molecule has 0 aromatic heterocycles. The number of benzene rings is 2. The Morgan fingerprint density at radius 1 is 1.07 bits per heavy atom. The fourth-order valence-corrected chi connectivity index (χ4v) is 4.09. The maximum Gasteiger partial charge on any atom is 0.264 e. The number of hydrogen-bond acceptors (Lipinski definition) is 4. The SMILES string of the molecule is C/C(=N/NC(=O)CN(c1cccc(Cl)c1Cl)S(=O)(=O)c1ccccc1)C(C)(C)C.